The van der Waals surface area contributed by atoms with Crippen molar-refractivity contribution in [2.24, 2.45) is 23.7 Å². The van der Waals surface area contributed by atoms with Crippen LogP contribution in [0.15, 0.2) is 36.4 Å². The molecule has 6 nitrogen and oxygen atoms in total. The zero-order chi connectivity index (χ0) is 26.5. The third kappa shape index (κ3) is 3.30. The Hall–Kier alpha value is -3.28. The summed E-state index contributed by atoms with van der Waals surface area (Å²) in [6, 6.07) is 12.1. The van der Waals surface area contributed by atoms with E-state index in [0.29, 0.717) is 5.69 Å². The molecule has 4 amide bonds. The van der Waals surface area contributed by atoms with Crippen LogP contribution in [0.3, 0.4) is 0 Å². The quantitative estimate of drug-likeness (QED) is 0.572. The molecule has 4 atom stereocenters. The maximum atomic E-state index is 13.4. The number of nitrogens with zero attached hydrogens (tertiary/aromatic N) is 2. The first-order valence-electron chi connectivity index (χ1n) is 12.6. The van der Waals surface area contributed by atoms with E-state index in [4.69, 9.17) is 0 Å². The van der Waals surface area contributed by atoms with Gasteiger partial charge in [-0.1, -0.05) is 45.0 Å². The van der Waals surface area contributed by atoms with Crippen LogP contribution in [-0.4, -0.2) is 34.1 Å². The van der Waals surface area contributed by atoms with Crippen LogP contribution in [0.5, 0.6) is 0 Å². The Morgan fingerprint density at radius 3 is 1.47 bits per heavy atom. The molecule has 2 aliphatic heterocycles. The molecule has 2 saturated heterocycles. The largest absolute Gasteiger partial charge is 0.277 e. The minimum atomic E-state index is -0.751. The van der Waals surface area contributed by atoms with Gasteiger partial charge in [-0.25, -0.2) is 0 Å². The van der Waals surface area contributed by atoms with E-state index in [9.17, 15) is 19.2 Å². The lowest BCUT2D eigenvalue weighted by Gasteiger charge is -2.36. The summed E-state index contributed by atoms with van der Waals surface area (Å²) in [7, 11) is 0. The molecule has 3 aliphatic rings. The number of aryl methyl sites for hydroxylation is 2. The van der Waals surface area contributed by atoms with Gasteiger partial charge in [0, 0.05) is 5.54 Å². The Balaban J connectivity index is 1.45. The molecule has 1 saturated carbocycles. The molecule has 5 rings (SSSR count). The maximum Gasteiger partial charge on any atom is 0.238 e. The number of imide groups is 2. The molecule has 1 aliphatic carbocycles. The molecule has 2 aromatic rings. The number of amides is 4. The predicted molar refractivity (Wildman–Crippen MR) is 138 cm³/mol. The van der Waals surface area contributed by atoms with Gasteiger partial charge in [-0.2, -0.15) is 0 Å². The summed E-state index contributed by atoms with van der Waals surface area (Å²) in [4.78, 5) is 55.4. The molecule has 36 heavy (non-hydrogen) atoms. The smallest absolute Gasteiger partial charge is 0.238 e. The van der Waals surface area contributed by atoms with E-state index in [2.05, 4.69) is 45.9 Å². The first-order valence-corrected chi connectivity index (χ1v) is 12.6. The molecule has 2 aromatic carbocycles. The van der Waals surface area contributed by atoms with Crippen molar-refractivity contribution in [2.75, 3.05) is 4.90 Å². The van der Waals surface area contributed by atoms with Crippen LogP contribution in [0.25, 0.3) is 11.1 Å². The number of rotatable bonds is 2. The maximum absolute atomic E-state index is 13.4. The van der Waals surface area contributed by atoms with Crippen molar-refractivity contribution in [3.8, 4) is 11.1 Å². The molecule has 0 aromatic heterocycles. The molecule has 0 radical (unpaired) electrons. The molecule has 0 bridgehead atoms. The summed E-state index contributed by atoms with van der Waals surface area (Å²) in [5.41, 5.74) is 5.41. The number of fused-ring (bicyclic) bond motifs is 4. The average Bonchev–Trinajstić information content (AvgIpc) is 3.05. The SMILES string of the molecule is Cc1cc(N2C(=O)C3C(C2=O)C2C(=O)N(C(C)(C)C)C(=O)C32)ccc1-c1ccc(C(C)(C)C)cc1C. The van der Waals surface area contributed by atoms with E-state index in [0.717, 1.165) is 22.3 Å². The third-order valence-corrected chi connectivity index (χ3v) is 8.09. The number of benzene rings is 2. The first-order chi connectivity index (χ1) is 16.6. The standard InChI is InChI=1S/C30H34N2O4/c1-15-13-17(29(3,4)5)9-11-19(15)20-12-10-18(14-16(20)2)31-25(33)21-22(26(31)34)24-23(21)27(35)32(28(24)36)30(6,7)8/h9-14,21-24H,1-8H3. The fourth-order valence-electron chi connectivity index (χ4n) is 6.23. The van der Waals surface area contributed by atoms with Gasteiger partial charge in [-0.15, -0.1) is 0 Å². The summed E-state index contributed by atoms with van der Waals surface area (Å²) in [5, 5.41) is 0. The van der Waals surface area contributed by atoms with E-state index in [1.54, 1.807) is 26.8 Å². The normalized spacial score (nSPS) is 25.9. The molecular weight excluding hydrogens is 452 g/mol. The van der Waals surface area contributed by atoms with E-state index < -0.39 is 29.2 Å². The lowest BCUT2D eigenvalue weighted by atomic mass is 9.59. The Bertz CT molecular complexity index is 1300. The first kappa shape index (κ1) is 24.4. The summed E-state index contributed by atoms with van der Waals surface area (Å²) in [6.45, 7) is 16.0. The van der Waals surface area contributed by atoms with Gasteiger partial charge >= 0.3 is 0 Å². The molecule has 4 unspecified atom stereocenters. The van der Waals surface area contributed by atoms with Crippen molar-refractivity contribution >= 4 is 29.3 Å². The van der Waals surface area contributed by atoms with Crippen LogP contribution >= 0.6 is 0 Å². The van der Waals surface area contributed by atoms with Crippen molar-refractivity contribution < 1.29 is 19.2 Å². The van der Waals surface area contributed by atoms with Crippen molar-refractivity contribution in [1.29, 1.82) is 0 Å². The van der Waals surface area contributed by atoms with E-state index in [1.807, 2.05) is 19.1 Å². The highest BCUT2D eigenvalue weighted by Crippen LogP contribution is 2.58. The molecule has 0 N–H and O–H groups in total. The Kier molecular flexibility index (Phi) is 5.16. The van der Waals surface area contributed by atoms with Gasteiger partial charge < -0.3 is 0 Å². The lowest BCUT2D eigenvalue weighted by Crippen LogP contribution is -2.50. The molecule has 188 valence electrons. The van der Waals surface area contributed by atoms with E-state index in [-0.39, 0.29) is 29.0 Å². The highest BCUT2D eigenvalue weighted by Gasteiger charge is 2.74. The van der Waals surface area contributed by atoms with Crippen molar-refractivity contribution in [3.05, 3.63) is 53.1 Å². The lowest BCUT2D eigenvalue weighted by molar-refractivity contribution is -0.146. The van der Waals surface area contributed by atoms with Crippen LogP contribution in [0, 0.1) is 37.5 Å². The Morgan fingerprint density at radius 1 is 0.611 bits per heavy atom. The highest BCUT2D eigenvalue weighted by atomic mass is 16.2. The zero-order valence-corrected chi connectivity index (χ0v) is 22.3. The van der Waals surface area contributed by atoms with Gasteiger partial charge in [0.1, 0.15) is 0 Å². The zero-order valence-electron chi connectivity index (χ0n) is 22.3. The van der Waals surface area contributed by atoms with E-state index >= 15 is 0 Å². The van der Waals surface area contributed by atoms with Crippen LogP contribution in [0.2, 0.25) is 0 Å². The van der Waals surface area contributed by atoms with Crippen LogP contribution < -0.4 is 4.90 Å². The highest BCUT2D eigenvalue weighted by molar-refractivity contribution is 6.27. The van der Waals surface area contributed by atoms with Crippen molar-refractivity contribution in [3.63, 3.8) is 0 Å². The average molecular weight is 487 g/mol. The summed E-state index contributed by atoms with van der Waals surface area (Å²) in [5.74, 6) is -4.37. The predicted octanol–water partition coefficient (Wildman–Crippen LogP) is 4.79. The number of likely N-dealkylation sites (tertiary alicyclic amines) is 1. The van der Waals surface area contributed by atoms with E-state index in [1.165, 1.54) is 15.4 Å². The summed E-state index contributed by atoms with van der Waals surface area (Å²) >= 11 is 0. The van der Waals surface area contributed by atoms with Crippen molar-refractivity contribution in [2.45, 2.75) is 66.3 Å². The number of hydrogen-bond donors (Lipinski definition) is 0. The minimum Gasteiger partial charge on any atom is -0.277 e. The molecule has 2 heterocycles. The van der Waals surface area contributed by atoms with Gasteiger partial charge in [0.15, 0.2) is 0 Å². The Labute approximate surface area is 212 Å². The van der Waals surface area contributed by atoms with Crippen LogP contribution in [-0.2, 0) is 24.6 Å². The minimum absolute atomic E-state index is 0.0585. The van der Waals surface area contributed by atoms with Gasteiger partial charge in [0.2, 0.25) is 23.6 Å². The van der Waals surface area contributed by atoms with Gasteiger partial charge in [0.25, 0.3) is 0 Å². The van der Waals surface area contributed by atoms with Crippen LogP contribution in [0.4, 0.5) is 5.69 Å². The second-order valence-corrected chi connectivity index (χ2v) is 12.6. The molecule has 6 heteroatoms. The van der Waals surface area contributed by atoms with Crippen LogP contribution in [0.1, 0.15) is 58.2 Å². The number of carbonyl (C=O) groups is 4. The number of anilines is 1. The fraction of sp³-hybridized carbons (Fsp3) is 0.467. The number of carbonyl (C=O) groups excluding carboxylic acids is 4. The summed E-state index contributed by atoms with van der Waals surface area (Å²) in [6.07, 6.45) is 0. The van der Waals surface area contributed by atoms with Gasteiger partial charge in [-0.3, -0.25) is 29.0 Å². The third-order valence-electron chi connectivity index (χ3n) is 8.09. The monoisotopic (exact) mass is 486 g/mol. The van der Waals surface area contributed by atoms with Gasteiger partial charge in [-0.05, 0) is 80.0 Å². The summed E-state index contributed by atoms with van der Waals surface area (Å²) < 4.78 is 0. The topological polar surface area (TPSA) is 74.8 Å². The second-order valence-electron chi connectivity index (χ2n) is 12.6. The molecule has 0 spiro atoms. The van der Waals surface area contributed by atoms with Gasteiger partial charge in [0.05, 0.1) is 29.4 Å². The number of hydrogen-bond acceptors (Lipinski definition) is 4. The second kappa shape index (κ2) is 7.61. The van der Waals surface area contributed by atoms with Crippen molar-refractivity contribution in [1.82, 2.24) is 4.90 Å². The molecule has 3 fully saturated rings. The Morgan fingerprint density at radius 2 is 1.06 bits per heavy atom. The molecular formula is C30H34N2O4. The fourth-order valence-corrected chi connectivity index (χ4v) is 6.23.